The average Bonchev–Trinajstić information content (AvgIpc) is 2.35. The van der Waals surface area contributed by atoms with Crippen LogP contribution in [-0.2, 0) is 6.54 Å². The second-order valence-electron chi connectivity index (χ2n) is 3.33. The van der Waals surface area contributed by atoms with Gasteiger partial charge in [0.1, 0.15) is 6.07 Å². The van der Waals surface area contributed by atoms with Crippen LogP contribution in [0.15, 0.2) is 18.2 Å². The van der Waals surface area contributed by atoms with Crippen molar-refractivity contribution in [1.82, 2.24) is 0 Å². The van der Waals surface area contributed by atoms with Crippen molar-refractivity contribution in [3.63, 3.8) is 0 Å². The lowest BCUT2D eigenvalue weighted by molar-refractivity contribution is 0.238. The lowest BCUT2D eigenvalue weighted by atomic mass is 10.2. The molecule has 0 aromatic heterocycles. The molecule has 0 bridgehead atoms. The van der Waals surface area contributed by atoms with E-state index >= 15 is 0 Å². The Bertz CT molecular complexity index is 385. The molecule has 0 spiro atoms. The molecule has 1 aromatic rings. The van der Waals surface area contributed by atoms with Gasteiger partial charge in [0, 0.05) is 6.54 Å². The summed E-state index contributed by atoms with van der Waals surface area (Å²) in [6.07, 6.45) is 0.175. The van der Waals surface area contributed by atoms with Gasteiger partial charge in [-0.1, -0.05) is 13.0 Å². The van der Waals surface area contributed by atoms with E-state index in [2.05, 4.69) is 6.07 Å². The Morgan fingerprint density at radius 1 is 1.44 bits per heavy atom. The van der Waals surface area contributed by atoms with Gasteiger partial charge in [0.15, 0.2) is 17.6 Å². The number of benzene rings is 1. The largest absolute Gasteiger partial charge is 0.493 e. The van der Waals surface area contributed by atoms with E-state index in [1.807, 2.05) is 13.0 Å². The normalized spacial score (nSPS) is 11.6. The van der Waals surface area contributed by atoms with E-state index in [-0.39, 0.29) is 0 Å². The minimum Gasteiger partial charge on any atom is -0.493 e. The van der Waals surface area contributed by atoms with Gasteiger partial charge >= 0.3 is 0 Å². The predicted molar refractivity (Wildman–Crippen MR) is 61.2 cm³/mol. The Balaban J connectivity index is 2.95. The smallest absolute Gasteiger partial charge is 0.184 e. The zero-order valence-electron chi connectivity index (χ0n) is 9.56. The van der Waals surface area contributed by atoms with E-state index in [0.717, 1.165) is 5.56 Å². The van der Waals surface area contributed by atoms with Crippen molar-refractivity contribution in [2.75, 3.05) is 7.11 Å². The van der Waals surface area contributed by atoms with Crippen molar-refractivity contribution in [1.29, 1.82) is 5.26 Å². The van der Waals surface area contributed by atoms with E-state index in [9.17, 15) is 0 Å². The van der Waals surface area contributed by atoms with Crippen molar-refractivity contribution in [3.05, 3.63) is 23.8 Å². The van der Waals surface area contributed by atoms with E-state index in [4.69, 9.17) is 20.5 Å². The number of hydrogen-bond acceptors (Lipinski definition) is 4. The highest BCUT2D eigenvalue weighted by Gasteiger charge is 2.11. The third-order valence-corrected chi connectivity index (χ3v) is 2.25. The summed E-state index contributed by atoms with van der Waals surface area (Å²) in [7, 11) is 1.57. The van der Waals surface area contributed by atoms with E-state index in [1.54, 1.807) is 19.2 Å². The monoisotopic (exact) mass is 220 g/mol. The Morgan fingerprint density at radius 2 is 2.19 bits per heavy atom. The van der Waals surface area contributed by atoms with Gasteiger partial charge in [0.2, 0.25) is 0 Å². The molecule has 1 atom stereocenters. The first-order valence-corrected chi connectivity index (χ1v) is 5.18. The summed E-state index contributed by atoms with van der Waals surface area (Å²) >= 11 is 0. The molecule has 4 heteroatoms. The predicted octanol–water partition coefficient (Wildman–Crippen LogP) is 1.83. The molecule has 0 aliphatic rings. The van der Waals surface area contributed by atoms with Crippen LogP contribution in [0.2, 0.25) is 0 Å². The van der Waals surface area contributed by atoms with Crippen LogP contribution in [0.1, 0.15) is 18.9 Å². The van der Waals surface area contributed by atoms with Crippen LogP contribution in [0.4, 0.5) is 0 Å². The molecule has 0 amide bonds. The molecule has 2 N–H and O–H groups in total. The van der Waals surface area contributed by atoms with Crippen LogP contribution in [-0.4, -0.2) is 13.2 Å². The topological polar surface area (TPSA) is 68.3 Å². The fourth-order valence-corrected chi connectivity index (χ4v) is 1.29. The Morgan fingerprint density at radius 3 is 2.69 bits per heavy atom. The van der Waals surface area contributed by atoms with Gasteiger partial charge in [-0.3, -0.25) is 0 Å². The zero-order valence-corrected chi connectivity index (χ0v) is 9.56. The van der Waals surface area contributed by atoms with E-state index < -0.39 is 6.10 Å². The number of nitrogens with zero attached hydrogens (tertiary/aromatic N) is 1. The van der Waals surface area contributed by atoms with Gasteiger partial charge in [-0.25, -0.2) is 0 Å². The first kappa shape index (κ1) is 12.3. The average molecular weight is 220 g/mol. The van der Waals surface area contributed by atoms with Gasteiger partial charge in [-0.15, -0.1) is 0 Å². The molecule has 0 heterocycles. The summed E-state index contributed by atoms with van der Waals surface area (Å²) in [5, 5.41) is 8.84. The first-order chi connectivity index (χ1) is 7.74. The van der Waals surface area contributed by atoms with Gasteiger partial charge < -0.3 is 15.2 Å². The second-order valence-corrected chi connectivity index (χ2v) is 3.33. The molecule has 1 aromatic carbocycles. The summed E-state index contributed by atoms with van der Waals surface area (Å²) in [6, 6.07) is 7.55. The lowest BCUT2D eigenvalue weighted by Gasteiger charge is -2.14. The number of nitrogens with two attached hydrogens (primary N) is 1. The maximum absolute atomic E-state index is 8.84. The molecule has 0 aliphatic heterocycles. The standard InChI is InChI=1S/C12H16N2O2/c1-3-10(8-14)16-12-6-9(7-13)4-5-11(12)15-2/h4-6,10H,3,7,13H2,1-2H3. The summed E-state index contributed by atoms with van der Waals surface area (Å²) in [6.45, 7) is 2.33. The zero-order chi connectivity index (χ0) is 12.0. The Labute approximate surface area is 95.6 Å². The van der Waals surface area contributed by atoms with Gasteiger partial charge in [0.25, 0.3) is 0 Å². The van der Waals surface area contributed by atoms with E-state index in [0.29, 0.717) is 24.5 Å². The van der Waals surface area contributed by atoms with Gasteiger partial charge in [-0.2, -0.15) is 5.26 Å². The Hall–Kier alpha value is -1.73. The number of nitriles is 1. The summed E-state index contributed by atoms with van der Waals surface area (Å²) in [5.74, 6) is 1.18. The lowest BCUT2D eigenvalue weighted by Crippen LogP contribution is -2.13. The molecular weight excluding hydrogens is 204 g/mol. The molecule has 0 fully saturated rings. The molecule has 16 heavy (non-hydrogen) atoms. The van der Waals surface area contributed by atoms with Crippen molar-refractivity contribution < 1.29 is 9.47 Å². The minimum atomic E-state index is -0.457. The van der Waals surface area contributed by atoms with Gasteiger partial charge in [0.05, 0.1) is 7.11 Å². The van der Waals surface area contributed by atoms with Crippen LogP contribution in [0.5, 0.6) is 11.5 Å². The van der Waals surface area contributed by atoms with Crippen molar-refractivity contribution in [3.8, 4) is 17.6 Å². The van der Waals surface area contributed by atoms with Crippen LogP contribution >= 0.6 is 0 Å². The summed E-state index contributed by atoms with van der Waals surface area (Å²) < 4.78 is 10.7. The van der Waals surface area contributed by atoms with Crippen LogP contribution in [0.25, 0.3) is 0 Å². The quantitative estimate of drug-likeness (QED) is 0.822. The van der Waals surface area contributed by atoms with Crippen LogP contribution in [0, 0.1) is 11.3 Å². The molecule has 0 saturated heterocycles. The SMILES string of the molecule is CCC(C#N)Oc1cc(CN)ccc1OC. The highest BCUT2D eigenvalue weighted by molar-refractivity contribution is 5.43. The van der Waals surface area contributed by atoms with Crippen LogP contribution in [0.3, 0.4) is 0 Å². The summed E-state index contributed by atoms with van der Waals surface area (Å²) in [4.78, 5) is 0. The number of methoxy groups -OCH3 is 1. The fraction of sp³-hybridized carbons (Fsp3) is 0.417. The third-order valence-electron chi connectivity index (χ3n) is 2.25. The van der Waals surface area contributed by atoms with Crippen molar-refractivity contribution in [2.24, 2.45) is 5.73 Å². The number of ether oxygens (including phenoxy) is 2. The van der Waals surface area contributed by atoms with Crippen molar-refractivity contribution in [2.45, 2.75) is 26.0 Å². The maximum Gasteiger partial charge on any atom is 0.184 e. The highest BCUT2D eigenvalue weighted by Crippen LogP contribution is 2.29. The molecule has 0 saturated carbocycles. The van der Waals surface area contributed by atoms with Crippen LogP contribution < -0.4 is 15.2 Å². The first-order valence-electron chi connectivity index (χ1n) is 5.18. The molecule has 0 aliphatic carbocycles. The fourth-order valence-electron chi connectivity index (χ4n) is 1.29. The Kier molecular flexibility index (Phi) is 4.62. The third kappa shape index (κ3) is 2.88. The van der Waals surface area contributed by atoms with Crippen molar-refractivity contribution >= 4 is 0 Å². The number of hydrogen-bond donors (Lipinski definition) is 1. The molecule has 1 unspecified atom stereocenters. The van der Waals surface area contributed by atoms with Gasteiger partial charge in [-0.05, 0) is 24.1 Å². The number of rotatable bonds is 5. The minimum absolute atomic E-state index is 0.434. The molecule has 1 rings (SSSR count). The maximum atomic E-state index is 8.84. The highest BCUT2D eigenvalue weighted by atomic mass is 16.5. The molecule has 4 nitrogen and oxygen atoms in total. The molecular formula is C12H16N2O2. The molecule has 0 radical (unpaired) electrons. The summed E-state index contributed by atoms with van der Waals surface area (Å²) in [5.41, 5.74) is 6.49. The second kappa shape index (κ2) is 5.99. The van der Waals surface area contributed by atoms with E-state index in [1.165, 1.54) is 0 Å². The molecule has 86 valence electrons.